The topological polar surface area (TPSA) is 121 Å². The van der Waals surface area contributed by atoms with E-state index >= 15 is 0 Å². The van der Waals surface area contributed by atoms with Crippen molar-refractivity contribution in [3.05, 3.63) is 23.3 Å². The third-order valence-electron chi connectivity index (χ3n) is 11.7. The van der Waals surface area contributed by atoms with Gasteiger partial charge in [0.1, 0.15) is 11.4 Å². The van der Waals surface area contributed by atoms with Crippen LogP contribution in [0.1, 0.15) is 80.6 Å². The number of aliphatic hydroxyl groups is 1. The number of carboxylic acids is 1. The lowest BCUT2D eigenvalue weighted by Gasteiger charge is -2.60. The number of ether oxygens (including phenoxy) is 1. The number of hydrogen-bond acceptors (Lipinski definition) is 6. The molecule has 5 rings (SSSR count). The molecular formula is C30H40O7. The van der Waals surface area contributed by atoms with Crippen LogP contribution in [0.5, 0.6) is 0 Å². The van der Waals surface area contributed by atoms with Gasteiger partial charge in [0.2, 0.25) is 0 Å². The molecule has 3 saturated carbocycles. The lowest BCUT2D eigenvalue weighted by Crippen LogP contribution is -2.65. The van der Waals surface area contributed by atoms with E-state index in [-0.39, 0.29) is 47.1 Å². The number of aliphatic carboxylic acids is 1. The fraction of sp³-hybridized carbons (Fsp3) is 0.733. The molecule has 37 heavy (non-hydrogen) atoms. The molecule has 1 spiro atoms. The van der Waals surface area contributed by atoms with Crippen molar-refractivity contribution >= 4 is 23.3 Å². The molecule has 0 aromatic carbocycles. The minimum absolute atomic E-state index is 0.0544. The number of allylic oxidation sites excluding steroid dienone is 3. The van der Waals surface area contributed by atoms with Crippen LogP contribution in [-0.4, -0.2) is 51.3 Å². The van der Waals surface area contributed by atoms with Crippen LogP contribution in [0.15, 0.2) is 23.3 Å². The molecule has 9 atom stereocenters. The summed E-state index contributed by atoms with van der Waals surface area (Å²) in [4.78, 5) is 50.9. The number of epoxide rings is 1. The van der Waals surface area contributed by atoms with Gasteiger partial charge in [0, 0.05) is 29.1 Å². The van der Waals surface area contributed by atoms with E-state index in [9.17, 15) is 29.4 Å². The summed E-state index contributed by atoms with van der Waals surface area (Å²) >= 11 is 0. The number of fused-ring (bicyclic) bond motifs is 3. The maximum atomic E-state index is 14.2. The fourth-order valence-corrected chi connectivity index (χ4v) is 9.21. The Morgan fingerprint density at radius 1 is 1.16 bits per heavy atom. The van der Waals surface area contributed by atoms with Crippen LogP contribution in [0, 0.1) is 39.4 Å². The van der Waals surface area contributed by atoms with Gasteiger partial charge >= 0.3 is 5.97 Å². The number of Topliss-reactive ketones (excluding diaryl/α,β-unsaturated/α-hetero) is 1. The second kappa shape index (κ2) is 7.72. The van der Waals surface area contributed by atoms with Crippen molar-refractivity contribution in [1.29, 1.82) is 0 Å². The number of rotatable bonds is 5. The first-order chi connectivity index (χ1) is 17.0. The molecule has 1 heterocycles. The smallest absolute Gasteiger partial charge is 0.306 e. The third kappa shape index (κ3) is 3.01. The van der Waals surface area contributed by atoms with Gasteiger partial charge in [-0.15, -0.1) is 0 Å². The Bertz CT molecular complexity index is 1180. The molecule has 7 nitrogen and oxygen atoms in total. The molecule has 0 aromatic rings. The highest BCUT2D eigenvalue weighted by Crippen LogP contribution is 2.79. The van der Waals surface area contributed by atoms with Crippen LogP contribution in [0.2, 0.25) is 0 Å². The highest BCUT2D eigenvalue weighted by Gasteiger charge is 2.85. The van der Waals surface area contributed by atoms with Gasteiger partial charge in [-0.1, -0.05) is 47.1 Å². The molecule has 0 bridgehead atoms. The third-order valence-corrected chi connectivity index (χ3v) is 11.7. The van der Waals surface area contributed by atoms with Gasteiger partial charge in [0.05, 0.1) is 18.1 Å². The van der Waals surface area contributed by atoms with E-state index in [1.54, 1.807) is 13.0 Å². The summed E-state index contributed by atoms with van der Waals surface area (Å²) in [6, 6.07) is 0. The average molecular weight is 513 g/mol. The quantitative estimate of drug-likeness (QED) is 0.421. The molecule has 0 radical (unpaired) electrons. The van der Waals surface area contributed by atoms with Gasteiger partial charge in [-0.3, -0.25) is 19.2 Å². The molecule has 7 heteroatoms. The zero-order valence-corrected chi connectivity index (χ0v) is 23.0. The molecular weight excluding hydrogens is 472 g/mol. The standard InChI is InChI=1S/C30H40O7/c1-15(10-17(31)11-16(2)25(35)36)18-12-23(34)29(7)28(18,6)22(33)13-20-27(5)9-8-21(32)26(3,4)19(27)14-24-30(20,29)37-24/h10,13,16,18-19,23-24,34H,8-9,11-12,14H2,1-7H3,(H,35,36)/b15-10+/t16-,18+,19-,23-,24+,27-,28-,29+,30+/m0/s1. The largest absolute Gasteiger partial charge is 0.481 e. The van der Waals surface area contributed by atoms with Crippen molar-refractivity contribution in [2.24, 2.45) is 39.4 Å². The normalized spacial score (nSPS) is 46.7. The zero-order chi connectivity index (χ0) is 27.5. The van der Waals surface area contributed by atoms with Gasteiger partial charge in [0.15, 0.2) is 11.6 Å². The first-order valence-electron chi connectivity index (χ1n) is 13.6. The Balaban J connectivity index is 1.58. The van der Waals surface area contributed by atoms with Gasteiger partial charge in [-0.25, -0.2) is 0 Å². The molecule has 5 aliphatic rings. The van der Waals surface area contributed by atoms with Gasteiger partial charge in [-0.2, -0.15) is 0 Å². The first kappa shape index (κ1) is 26.5. The van der Waals surface area contributed by atoms with Crippen LogP contribution in [0.3, 0.4) is 0 Å². The monoisotopic (exact) mass is 512 g/mol. The molecule has 4 aliphatic carbocycles. The zero-order valence-electron chi connectivity index (χ0n) is 23.0. The summed E-state index contributed by atoms with van der Waals surface area (Å²) in [5.74, 6) is -2.25. The van der Waals surface area contributed by atoms with Crippen LogP contribution in [-0.2, 0) is 23.9 Å². The van der Waals surface area contributed by atoms with E-state index in [1.165, 1.54) is 13.0 Å². The molecule has 1 saturated heterocycles. The minimum atomic E-state index is -1.02. The van der Waals surface area contributed by atoms with E-state index in [1.807, 2.05) is 27.7 Å². The van der Waals surface area contributed by atoms with Crippen LogP contribution in [0.4, 0.5) is 0 Å². The van der Waals surface area contributed by atoms with Crippen molar-refractivity contribution in [1.82, 2.24) is 0 Å². The van der Waals surface area contributed by atoms with E-state index in [0.29, 0.717) is 31.3 Å². The van der Waals surface area contributed by atoms with Crippen molar-refractivity contribution in [2.75, 3.05) is 0 Å². The van der Waals surface area contributed by atoms with Crippen molar-refractivity contribution in [3.8, 4) is 0 Å². The maximum Gasteiger partial charge on any atom is 0.306 e. The number of aliphatic hydroxyl groups excluding tert-OH is 1. The Labute approximate surface area is 218 Å². The molecule has 0 aromatic heterocycles. The molecule has 0 amide bonds. The van der Waals surface area contributed by atoms with Crippen LogP contribution >= 0.6 is 0 Å². The Kier molecular flexibility index (Phi) is 5.53. The van der Waals surface area contributed by atoms with E-state index in [0.717, 1.165) is 5.57 Å². The predicted molar refractivity (Wildman–Crippen MR) is 135 cm³/mol. The van der Waals surface area contributed by atoms with Crippen molar-refractivity contribution < 1.29 is 34.1 Å². The summed E-state index contributed by atoms with van der Waals surface area (Å²) in [7, 11) is 0. The number of hydrogen-bond donors (Lipinski definition) is 2. The average Bonchev–Trinajstić information content (AvgIpc) is 3.49. The minimum Gasteiger partial charge on any atom is -0.481 e. The Morgan fingerprint density at radius 3 is 2.43 bits per heavy atom. The van der Waals surface area contributed by atoms with E-state index in [4.69, 9.17) is 4.74 Å². The fourth-order valence-electron chi connectivity index (χ4n) is 9.21. The van der Waals surface area contributed by atoms with Gasteiger partial charge in [0.25, 0.3) is 0 Å². The number of carbonyl (C=O) groups excluding carboxylic acids is 3. The van der Waals surface area contributed by atoms with E-state index < -0.39 is 39.8 Å². The summed E-state index contributed by atoms with van der Waals surface area (Å²) < 4.78 is 6.60. The highest BCUT2D eigenvalue weighted by molar-refractivity contribution is 6.00. The number of carbonyl (C=O) groups is 4. The van der Waals surface area contributed by atoms with Crippen LogP contribution < -0.4 is 0 Å². The Hall–Kier alpha value is -2.12. The lowest BCUT2D eigenvalue weighted by molar-refractivity contribution is -0.148. The predicted octanol–water partition coefficient (Wildman–Crippen LogP) is 4.07. The molecule has 1 aliphatic heterocycles. The summed E-state index contributed by atoms with van der Waals surface area (Å²) in [6.07, 6.45) is 4.30. The summed E-state index contributed by atoms with van der Waals surface area (Å²) in [5.41, 5.74) is -1.92. The van der Waals surface area contributed by atoms with Crippen LogP contribution in [0.25, 0.3) is 0 Å². The first-order valence-corrected chi connectivity index (χ1v) is 13.6. The molecule has 2 N–H and O–H groups in total. The van der Waals surface area contributed by atoms with Crippen molar-refractivity contribution in [2.45, 2.75) is 98.4 Å². The lowest BCUT2D eigenvalue weighted by atomic mass is 9.40. The molecule has 0 unspecified atom stereocenters. The van der Waals surface area contributed by atoms with Gasteiger partial charge < -0.3 is 14.9 Å². The Morgan fingerprint density at radius 2 is 1.81 bits per heavy atom. The maximum absolute atomic E-state index is 14.2. The summed E-state index contributed by atoms with van der Waals surface area (Å²) in [5, 5.41) is 20.9. The summed E-state index contributed by atoms with van der Waals surface area (Å²) in [6.45, 7) is 13.4. The second-order valence-corrected chi connectivity index (χ2v) is 13.6. The molecule has 202 valence electrons. The van der Waals surface area contributed by atoms with E-state index in [2.05, 4.69) is 6.92 Å². The van der Waals surface area contributed by atoms with Crippen molar-refractivity contribution in [3.63, 3.8) is 0 Å². The van der Waals surface area contributed by atoms with Gasteiger partial charge in [-0.05, 0) is 61.2 Å². The SMILES string of the molecule is C/C(=C\C(=O)C[C@H](C)C(=O)O)[C@H]1C[C@H](O)[C@@]2(C)[C@]34O[C@@H]3C[C@H]3C(C)(C)C(=O)CC[C@]3(C)C4=CC(=O)[C@]12C. The highest BCUT2D eigenvalue weighted by atomic mass is 16.6. The number of ketones is 3. The second-order valence-electron chi connectivity index (χ2n) is 13.6. The number of carboxylic acid groups (broad SMARTS) is 1. The molecule has 4 fully saturated rings.